The van der Waals surface area contributed by atoms with E-state index in [-0.39, 0.29) is 12.6 Å². The number of anilines is 2. The molecule has 1 aromatic carbocycles. The second kappa shape index (κ2) is 9.33. The van der Waals surface area contributed by atoms with Gasteiger partial charge < -0.3 is 25.0 Å². The standard InChI is InChI=1S/C22H26F3N5O2/c1-15-12-26-21(27-18-5-9-32-10-6-18)28-20(15)30-8-7-29(14-30)19(13-31)16-3-2-4-17(11-16)22(23,24)25/h2-4,7-8,11-12,18-19,31H,5-6,9-10,13-14H2,1H3,(H,26,27,28). The second-order valence-corrected chi connectivity index (χ2v) is 7.98. The molecule has 2 aliphatic heterocycles. The average molecular weight is 449 g/mol. The highest BCUT2D eigenvalue weighted by Crippen LogP contribution is 2.33. The third-order valence-corrected chi connectivity index (χ3v) is 5.70. The highest BCUT2D eigenvalue weighted by atomic mass is 19.4. The molecule has 1 aromatic heterocycles. The molecule has 1 fully saturated rings. The molecule has 2 aromatic rings. The number of aromatic nitrogens is 2. The van der Waals surface area contributed by atoms with Crippen molar-refractivity contribution in [2.45, 2.75) is 38.0 Å². The first-order valence-electron chi connectivity index (χ1n) is 10.5. The molecule has 172 valence electrons. The van der Waals surface area contributed by atoms with Gasteiger partial charge in [0.15, 0.2) is 0 Å². The van der Waals surface area contributed by atoms with E-state index < -0.39 is 17.8 Å². The Hall–Kier alpha value is -2.85. The fraction of sp³-hybridized carbons (Fsp3) is 0.455. The molecular formula is C22H26F3N5O2. The normalized spacial score (nSPS) is 18.3. The fourth-order valence-electron chi connectivity index (χ4n) is 3.92. The molecular weight excluding hydrogens is 423 g/mol. The van der Waals surface area contributed by atoms with Crippen LogP contribution in [-0.2, 0) is 10.9 Å². The summed E-state index contributed by atoms with van der Waals surface area (Å²) in [6.07, 6.45) is 2.65. The van der Waals surface area contributed by atoms with E-state index in [2.05, 4.69) is 15.3 Å². The minimum atomic E-state index is -4.44. The Balaban J connectivity index is 1.49. The number of hydrogen-bond acceptors (Lipinski definition) is 7. The van der Waals surface area contributed by atoms with Crippen LogP contribution in [0.25, 0.3) is 0 Å². The number of benzene rings is 1. The van der Waals surface area contributed by atoms with Crippen molar-refractivity contribution in [3.05, 3.63) is 59.6 Å². The van der Waals surface area contributed by atoms with E-state index in [1.54, 1.807) is 23.4 Å². The number of nitrogens with one attached hydrogen (secondary N) is 1. The smallest absolute Gasteiger partial charge is 0.394 e. The minimum Gasteiger partial charge on any atom is -0.394 e. The SMILES string of the molecule is Cc1cnc(NC2CCOCC2)nc1N1C=CN(C(CO)c2cccc(C(F)(F)F)c2)C1. The van der Waals surface area contributed by atoms with Gasteiger partial charge >= 0.3 is 6.18 Å². The number of aliphatic hydroxyl groups excluding tert-OH is 1. The van der Waals surface area contributed by atoms with Gasteiger partial charge in [0.05, 0.1) is 24.9 Å². The molecule has 1 saturated heterocycles. The molecule has 0 bridgehead atoms. The lowest BCUT2D eigenvalue weighted by atomic mass is 10.0. The van der Waals surface area contributed by atoms with Crippen molar-refractivity contribution in [2.24, 2.45) is 0 Å². The van der Waals surface area contributed by atoms with Crippen molar-refractivity contribution in [3.63, 3.8) is 0 Å². The zero-order valence-electron chi connectivity index (χ0n) is 17.7. The number of nitrogens with zero attached hydrogens (tertiary/aromatic N) is 4. The molecule has 0 amide bonds. The van der Waals surface area contributed by atoms with E-state index >= 15 is 0 Å². The summed E-state index contributed by atoms with van der Waals surface area (Å²) in [7, 11) is 0. The van der Waals surface area contributed by atoms with Crippen LogP contribution >= 0.6 is 0 Å². The lowest BCUT2D eigenvalue weighted by Gasteiger charge is -2.29. The van der Waals surface area contributed by atoms with Crippen molar-refractivity contribution in [1.82, 2.24) is 14.9 Å². The summed E-state index contributed by atoms with van der Waals surface area (Å²) in [6.45, 7) is 3.34. The first-order valence-corrected chi connectivity index (χ1v) is 10.5. The maximum atomic E-state index is 13.1. The Morgan fingerprint density at radius 3 is 2.75 bits per heavy atom. The third kappa shape index (κ3) is 4.97. The van der Waals surface area contributed by atoms with E-state index in [1.807, 2.05) is 18.0 Å². The minimum absolute atomic E-state index is 0.254. The summed E-state index contributed by atoms with van der Waals surface area (Å²) in [5.41, 5.74) is 0.535. The lowest BCUT2D eigenvalue weighted by Crippen LogP contribution is -2.32. The van der Waals surface area contributed by atoms with Gasteiger partial charge in [-0.3, -0.25) is 0 Å². The Morgan fingerprint density at radius 1 is 1.25 bits per heavy atom. The average Bonchev–Trinajstić information content (AvgIpc) is 3.25. The molecule has 0 radical (unpaired) electrons. The van der Waals surface area contributed by atoms with Crippen LogP contribution in [0.15, 0.2) is 42.9 Å². The number of alkyl halides is 3. The summed E-state index contributed by atoms with van der Waals surface area (Å²) in [6, 6.07) is 4.72. The van der Waals surface area contributed by atoms with Crippen LogP contribution in [0.4, 0.5) is 24.9 Å². The highest BCUT2D eigenvalue weighted by molar-refractivity contribution is 5.52. The van der Waals surface area contributed by atoms with Crippen LogP contribution in [0.3, 0.4) is 0 Å². The van der Waals surface area contributed by atoms with E-state index in [0.717, 1.165) is 30.5 Å². The van der Waals surface area contributed by atoms with E-state index in [4.69, 9.17) is 4.74 Å². The largest absolute Gasteiger partial charge is 0.416 e. The molecule has 0 aliphatic carbocycles. The van der Waals surface area contributed by atoms with Gasteiger partial charge in [0.25, 0.3) is 0 Å². The molecule has 1 unspecified atom stereocenters. The zero-order chi connectivity index (χ0) is 22.7. The predicted octanol–water partition coefficient (Wildman–Crippen LogP) is 3.68. The van der Waals surface area contributed by atoms with Gasteiger partial charge in [-0.05, 0) is 37.5 Å². The van der Waals surface area contributed by atoms with Gasteiger partial charge in [0.1, 0.15) is 5.82 Å². The van der Waals surface area contributed by atoms with Crippen molar-refractivity contribution in [1.29, 1.82) is 0 Å². The number of ether oxygens (including phenoxy) is 1. The Morgan fingerprint density at radius 2 is 2.03 bits per heavy atom. The molecule has 2 aliphatic rings. The van der Waals surface area contributed by atoms with Crippen LogP contribution < -0.4 is 10.2 Å². The maximum absolute atomic E-state index is 13.1. The summed E-state index contributed by atoms with van der Waals surface area (Å²) in [5.74, 6) is 1.23. The number of aryl methyl sites for hydroxylation is 1. The van der Waals surface area contributed by atoms with E-state index in [9.17, 15) is 18.3 Å². The maximum Gasteiger partial charge on any atom is 0.416 e. The Labute approximate surface area is 184 Å². The van der Waals surface area contributed by atoms with Crippen molar-refractivity contribution >= 4 is 11.8 Å². The predicted molar refractivity (Wildman–Crippen MR) is 114 cm³/mol. The lowest BCUT2D eigenvalue weighted by molar-refractivity contribution is -0.137. The second-order valence-electron chi connectivity index (χ2n) is 7.98. The molecule has 1 atom stereocenters. The summed E-state index contributed by atoms with van der Waals surface area (Å²) in [4.78, 5) is 12.7. The molecule has 0 saturated carbocycles. The number of aliphatic hydroxyl groups is 1. The van der Waals surface area contributed by atoms with Crippen LogP contribution in [0.1, 0.15) is 35.6 Å². The molecule has 32 heavy (non-hydrogen) atoms. The Kier molecular flexibility index (Phi) is 6.52. The van der Waals surface area contributed by atoms with Crippen LogP contribution in [-0.4, -0.2) is 52.5 Å². The molecule has 2 N–H and O–H groups in total. The topological polar surface area (TPSA) is 73.8 Å². The van der Waals surface area contributed by atoms with Crippen molar-refractivity contribution in [3.8, 4) is 0 Å². The van der Waals surface area contributed by atoms with Crippen molar-refractivity contribution in [2.75, 3.05) is 36.7 Å². The summed E-state index contributed by atoms with van der Waals surface area (Å²) >= 11 is 0. The number of rotatable bonds is 6. The van der Waals surface area contributed by atoms with Gasteiger partial charge in [-0.25, -0.2) is 4.98 Å². The third-order valence-electron chi connectivity index (χ3n) is 5.70. The van der Waals surface area contributed by atoms with Crippen LogP contribution in [0, 0.1) is 6.92 Å². The first kappa shape index (κ1) is 22.3. The quantitative estimate of drug-likeness (QED) is 0.697. The first-order chi connectivity index (χ1) is 15.3. The number of halogens is 3. The molecule has 0 spiro atoms. The number of hydrogen-bond donors (Lipinski definition) is 2. The zero-order valence-corrected chi connectivity index (χ0v) is 17.7. The summed E-state index contributed by atoms with van der Waals surface area (Å²) < 4.78 is 44.7. The van der Waals surface area contributed by atoms with Crippen LogP contribution in [0.5, 0.6) is 0 Å². The summed E-state index contributed by atoms with van der Waals surface area (Å²) in [5, 5.41) is 13.3. The van der Waals surface area contributed by atoms with E-state index in [1.165, 1.54) is 6.07 Å². The van der Waals surface area contributed by atoms with Gasteiger partial charge in [-0.2, -0.15) is 18.2 Å². The Bertz CT molecular complexity index is 963. The monoisotopic (exact) mass is 449 g/mol. The van der Waals surface area contributed by atoms with Crippen molar-refractivity contribution < 1.29 is 23.0 Å². The fourth-order valence-corrected chi connectivity index (χ4v) is 3.92. The molecule has 4 rings (SSSR count). The molecule has 7 nitrogen and oxygen atoms in total. The van der Waals surface area contributed by atoms with Gasteiger partial charge in [-0.1, -0.05) is 12.1 Å². The molecule has 3 heterocycles. The molecule has 10 heteroatoms. The van der Waals surface area contributed by atoms with Gasteiger partial charge in [-0.15, -0.1) is 0 Å². The van der Waals surface area contributed by atoms with Crippen LogP contribution in [0.2, 0.25) is 0 Å². The van der Waals surface area contributed by atoms with Gasteiger partial charge in [0, 0.05) is 43.4 Å². The van der Waals surface area contributed by atoms with Gasteiger partial charge in [0.2, 0.25) is 5.95 Å². The van der Waals surface area contributed by atoms with E-state index in [0.29, 0.717) is 37.2 Å². The highest BCUT2D eigenvalue weighted by Gasteiger charge is 2.32.